The Morgan fingerprint density at radius 3 is 2.94 bits per heavy atom. The molecule has 0 aliphatic carbocycles. The molecule has 0 atom stereocenters. The van der Waals surface area contributed by atoms with E-state index in [2.05, 4.69) is 16.9 Å². The van der Waals surface area contributed by atoms with E-state index in [-0.39, 0.29) is 12.2 Å². The van der Waals surface area contributed by atoms with Crippen molar-refractivity contribution in [1.29, 1.82) is 0 Å². The molecule has 2 aromatic rings. The van der Waals surface area contributed by atoms with E-state index in [4.69, 9.17) is 5.73 Å². The van der Waals surface area contributed by atoms with Gasteiger partial charge in [-0.3, -0.25) is 10.1 Å². The summed E-state index contributed by atoms with van der Waals surface area (Å²) in [5.41, 5.74) is 6.34. The summed E-state index contributed by atoms with van der Waals surface area (Å²) in [7, 11) is 0. The van der Waals surface area contributed by atoms with Crippen LogP contribution in [0.3, 0.4) is 0 Å². The predicted molar refractivity (Wildman–Crippen MR) is 66.2 cm³/mol. The molecule has 6 nitrogen and oxygen atoms in total. The standard InChI is InChI=1S/C12H10N4O2/c13-7-3-4-10-8-14-15(9-10)11-5-1-2-6-12(11)16(17)18/h1-2,5-6,8-9H,7,13H2. The van der Waals surface area contributed by atoms with Crippen LogP contribution in [0.5, 0.6) is 0 Å². The van der Waals surface area contributed by atoms with Gasteiger partial charge in [0.15, 0.2) is 0 Å². The van der Waals surface area contributed by atoms with Gasteiger partial charge in [-0.15, -0.1) is 0 Å². The van der Waals surface area contributed by atoms with Crippen LogP contribution in [0, 0.1) is 22.0 Å². The van der Waals surface area contributed by atoms with Crippen molar-refractivity contribution < 1.29 is 4.92 Å². The summed E-state index contributed by atoms with van der Waals surface area (Å²) >= 11 is 0. The van der Waals surface area contributed by atoms with Crippen LogP contribution < -0.4 is 5.73 Å². The molecule has 0 amide bonds. The van der Waals surface area contributed by atoms with Crippen molar-refractivity contribution in [1.82, 2.24) is 9.78 Å². The molecule has 18 heavy (non-hydrogen) atoms. The quantitative estimate of drug-likeness (QED) is 0.485. The number of nitro groups is 1. The van der Waals surface area contributed by atoms with Crippen molar-refractivity contribution in [2.45, 2.75) is 0 Å². The van der Waals surface area contributed by atoms with Crippen LogP contribution in [0.1, 0.15) is 5.56 Å². The molecule has 0 radical (unpaired) electrons. The van der Waals surface area contributed by atoms with Gasteiger partial charge in [0.1, 0.15) is 5.69 Å². The molecule has 2 N–H and O–H groups in total. The number of hydrogen-bond donors (Lipinski definition) is 1. The van der Waals surface area contributed by atoms with Gasteiger partial charge in [0.2, 0.25) is 0 Å². The van der Waals surface area contributed by atoms with E-state index in [0.29, 0.717) is 11.3 Å². The lowest BCUT2D eigenvalue weighted by atomic mass is 10.2. The van der Waals surface area contributed by atoms with Gasteiger partial charge in [0.25, 0.3) is 5.69 Å². The topological polar surface area (TPSA) is 87.0 Å². The Balaban J connectivity index is 2.43. The number of nitrogens with zero attached hydrogens (tertiary/aromatic N) is 3. The van der Waals surface area contributed by atoms with E-state index < -0.39 is 4.92 Å². The zero-order valence-corrected chi connectivity index (χ0v) is 9.41. The number of nitro benzene ring substituents is 1. The minimum absolute atomic E-state index is 0.000987. The van der Waals surface area contributed by atoms with E-state index in [0.717, 1.165) is 0 Å². The van der Waals surface area contributed by atoms with Crippen LogP contribution in [0.25, 0.3) is 5.69 Å². The summed E-state index contributed by atoms with van der Waals surface area (Å²) in [5.74, 6) is 5.51. The highest BCUT2D eigenvalue weighted by Gasteiger charge is 2.14. The Bertz CT molecular complexity index is 637. The van der Waals surface area contributed by atoms with Crippen LogP contribution >= 0.6 is 0 Å². The second kappa shape index (κ2) is 5.12. The zero-order valence-electron chi connectivity index (χ0n) is 9.41. The molecule has 0 aliphatic heterocycles. The molecular weight excluding hydrogens is 232 g/mol. The summed E-state index contributed by atoms with van der Waals surface area (Å²) in [6.07, 6.45) is 3.17. The van der Waals surface area contributed by atoms with Crippen molar-refractivity contribution in [2.75, 3.05) is 6.54 Å². The van der Waals surface area contributed by atoms with Gasteiger partial charge in [-0.2, -0.15) is 5.10 Å². The van der Waals surface area contributed by atoms with Gasteiger partial charge < -0.3 is 5.73 Å². The summed E-state index contributed by atoms with van der Waals surface area (Å²) < 4.78 is 1.43. The molecule has 1 aromatic heterocycles. The van der Waals surface area contributed by atoms with Crippen molar-refractivity contribution >= 4 is 5.69 Å². The van der Waals surface area contributed by atoms with Gasteiger partial charge in [-0.05, 0) is 6.07 Å². The minimum Gasteiger partial charge on any atom is -0.320 e. The molecule has 0 unspecified atom stereocenters. The van der Waals surface area contributed by atoms with Crippen molar-refractivity contribution in [3.8, 4) is 17.5 Å². The Kier molecular flexibility index (Phi) is 3.36. The average Bonchev–Trinajstić information content (AvgIpc) is 2.85. The number of para-hydroxylation sites is 2. The first kappa shape index (κ1) is 11.8. The monoisotopic (exact) mass is 242 g/mol. The molecule has 0 bridgehead atoms. The molecule has 2 rings (SSSR count). The number of nitrogens with two attached hydrogens (primary N) is 1. The second-order valence-electron chi connectivity index (χ2n) is 3.43. The van der Waals surface area contributed by atoms with Crippen LogP contribution in [0.15, 0.2) is 36.7 Å². The fourth-order valence-electron chi connectivity index (χ4n) is 1.48. The lowest BCUT2D eigenvalue weighted by Gasteiger charge is -2.01. The summed E-state index contributed by atoms with van der Waals surface area (Å²) in [6, 6.07) is 6.39. The first-order valence-electron chi connectivity index (χ1n) is 5.20. The van der Waals surface area contributed by atoms with Gasteiger partial charge in [-0.1, -0.05) is 24.0 Å². The summed E-state index contributed by atoms with van der Waals surface area (Å²) in [6.45, 7) is 0.261. The fourth-order valence-corrected chi connectivity index (χ4v) is 1.48. The maximum Gasteiger partial charge on any atom is 0.294 e. The fraction of sp³-hybridized carbons (Fsp3) is 0.0833. The molecule has 0 fully saturated rings. The molecule has 1 aromatic carbocycles. The van der Waals surface area contributed by atoms with Gasteiger partial charge in [0, 0.05) is 12.3 Å². The Morgan fingerprint density at radius 1 is 1.44 bits per heavy atom. The number of benzene rings is 1. The second-order valence-corrected chi connectivity index (χ2v) is 3.43. The first-order chi connectivity index (χ1) is 8.72. The highest BCUT2D eigenvalue weighted by Crippen LogP contribution is 2.21. The normalized spacial score (nSPS) is 9.61. The van der Waals surface area contributed by atoms with Crippen LogP contribution in [-0.2, 0) is 0 Å². The maximum absolute atomic E-state index is 10.9. The number of hydrogen-bond acceptors (Lipinski definition) is 4. The van der Waals surface area contributed by atoms with Crippen molar-refractivity contribution in [3.05, 3.63) is 52.3 Å². The van der Waals surface area contributed by atoms with Crippen molar-refractivity contribution in [2.24, 2.45) is 5.73 Å². The zero-order chi connectivity index (χ0) is 13.0. The van der Waals surface area contributed by atoms with Crippen molar-refractivity contribution in [3.63, 3.8) is 0 Å². The third-order valence-corrected chi connectivity index (χ3v) is 2.24. The van der Waals surface area contributed by atoms with Crippen LogP contribution in [0.2, 0.25) is 0 Å². The van der Waals surface area contributed by atoms with E-state index in [1.165, 1.54) is 10.7 Å². The molecule has 0 saturated carbocycles. The molecule has 0 saturated heterocycles. The lowest BCUT2D eigenvalue weighted by Crippen LogP contribution is -1.99. The Hall–Kier alpha value is -2.65. The number of aromatic nitrogens is 2. The van der Waals surface area contributed by atoms with Crippen LogP contribution in [0.4, 0.5) is 5.69 Å². The summed E-state index contributed by atoms with van der Waals surface area (Å²) in [5, 5.41) is 14.9. The minimum atomic E-state index is -0.442. The third kappa shape index (κ3) is 2.36. The summed E-state index contributed by atoms with van der Waals surface area (Å²) in [4.78, 5) is 10.5. The molecular formula is C12H10N4O2. The molecule has 6 heteroatoms. The predicted octanol–water partition coefficient (Wildman–Crippen LogP) is 1.09. The van der Waals surface area contributed by atoms with Crippen LogP contribution in [-0.4, -0.2) is 21.2 Å². The van der Waals surface area contributed by atoms with E-state index >= 15 is 0 Å². The maximum atomic E-state index is 10.9. The van der Waals surface area contributed by atoms with Gasteiger partial charge >= 0.3 is 0 Å². The highest BCUT2D eigenvalue weighted by atomic mass is 16.6. The van der Waals surface area contributed by atoms with Gasteiger partial charge in [-0.25, -0.2) is 4.68 Å². The molecule has 90 valence electrons. The first-order valence-corrected chi connectivity index (χ1v) is 5.20. The Morgan fingerprint density at radius 2 is 2.22 bits per heavy atom. The highest BCUT2D eigenvalue weighted by molar-refractivity contribution is 5.52. The molecule has 0 spiro atoms. The average molecular weight is 242 g/mol. The number of rotatable bonds is 2. The largest absolute Gasteiger partial charge is 0.320 e. The molecule has 1 heterocycles. The molecule has 0 aliphatic rings. The lowest BCUT2D eigenvalue weighted by molar-refractivity contribution is -0.384. The van der Waals surface area contributed by atoms with Gasteiger partial charge in [0.05, 0.1) is 23.2 Å². The SMILES string of the molecule is NCC#Cc1cnn(-c2ccccc2[N+](=O)[O-])c1. The van der Waals surface area contributed by atoms with E-state index in [9.17, 15) is 10.1 Å². The van der Waals surface area contributed by atoms with E-state index in [1.54, 1.807) is 30.6 Å². The third-order valence-electron chi connectivity index (χ3n) is 2.24. The Labute approximate surface area is 103 Å². The smallest absolute Gasteiger partial charge is 0.294 e. The van der Waals surface area contributed by atoms with E-state index in [1.807, 2.05) is 0 Å².